The second-order valence-corrected chi connectivity index (χ2v) is 8.86. The van der Waals surface area contributed by atoms with Crippen molar-refractivity contribution in [1.29, 1.82) is 0 Å². The summed E-state index contributed by atoms with van der Waals surface area (Å²) in [6.45, 7) is 14.5. The van der Waals surface area contributed by atoms with Crippen LogP contribution in [0.2, 0.25) is 0 Å². The van der Waals surface area contributed by atoms with Crippen LogP contribution in [0.4, 0.5) is 10.1 Å². The Morgan fingerprint density at radius 1 is 1.00 bits per heavy atom. The van der Waals surface area contributed by atoms with Crippen molar-refractivity contribution in [1.82, 2.24) is 0 Å². The van der Waals surface area contributed by atoms with E-state index in [9.17, 15) is 4.39 Å². The van der Waals surface area contributed by atoms with Crippen molar-refractivity contribution in [2.45, 2.75) is 66.3 Å². The second kappa shape index (κ2) is 10.6. The van der Waals surface area contributed by atoms with Crippen molar-refractivity contribution in [3.63, 3.8) is 0 Å². The van der Waals surface area contributed by atoms with E-state index >= 15 is 0 Å². The molecular weight excluding hydrogens is 400 g/mol. The van der Waals surface area contributed by atoms with Crippen LogP contribution < -0.4 is 14.9 Å². The SMILES string of the molecule is CC.CCSNc1ccc(B2OC(C)(C)C(C)(C)O2)c(OCc2ccc(F)cc2)c1. The lowest BCUT2D eigenvalue weighted by Gasteiger charge is -2.32. The van der Waals surface area contributed by atoms with Gasteiger partial charge >= 0.3 is 7.12 Å². The Labute approximate surface area is 185 Å². The first-order chi connectivity index (χ1) is 14.2. The first-order valence-corrected chi connectivity index (χ1v) is 11.4. The van der Waals surface area contributed by atoms with Gasteiger partial charge in [-0.2, -0.15) is 0 Å². The summed E-state index contributed by atoms with van der Waals surface area (Å²) in [5.74, 6) is 1.37. The third-order valence-corrected chi connectivity index (χ3v) is 5.83. The van der Waals surface area contributed by atoms with Crippen LogP contribution in [0.3, 0.4) is 0 Å². The first kappa shape index (κ1) is 24.6. The number of hydrogen-bond donors (Lipinski definition) is 1. The van der Waals surface area contributed by atoms with Gasteiger partial charge in [-0.05, 0) is 51.5 Å². The standard InChI is InChI=1S/C21H27BFNO3S.C2H6/c1-6-28-24-17-11-12-18(22-26-20(2,3)21(4,5)27-22)19(13-17)25-14-15-7-9-16(23)10-8-15;1-2/h7-13,24H,6,14H2,1-5H3;1-2H3. The molecule has 1 fully saturated rings. The third-order valence-electron chi connectivity index (χ3n) is 5.16. The van der Waals surface area contributed by atoms with Gasteiger partial charge in [0.05, 0.1) is 11.2 Å². The zero-order valence-electron chi connectivity index (χ0n) is 19.0. The van der Waals surface area contributed by atoms with Crippen LogP contribution in [-0.2, 0) is 15.9 Å². The lowest BCUT2D eigenvalue weighted by atomic mass is 9.78. The maximum Gasteiger partial charge on any atom is 0.498 e. The summed E-state index contributed by atoms with van der Waals surface area (Å²) >= 11 is 1.61. The Morgan fingerprint density at radius 2 is 1.60 bits per heavy atom. The van der Waals surface area contributed by atoms with Gasteiger partial charge < -0.3 is 18.8 Å². The molecule has 3 rings (SSSR count). The molecule has 0 amide bonds. The smallest absolute Gasteiger partial charge is 0.489 e. The third kappa shape index (κ3) is 5.93. The van der Waals surface area contributed by atoms with Gasteiger partial charge in [-0.3, -0.25) is 0 Å². The summed E-state index contributed by atoms with van der Waals surface area (Å²) in [7, 11) is -0.513. The van der Waals surface area contributed by atoms with Crippen molar-refractivity contribution < 1.29 is 18.4 Å². The summed E-state index contributed by atoms with van der Waals surface area (Å²) in [6.07, 6.45) is 0. The summed E-state index contributed by atoms with van der Waals surface area (Å²) in [4.78, 5) is 0. The Balaban J connectivity index is 0.00000155. The lowest BCUT2D eigenvalue weighted by Crippen LogP contribution is -2.41. The largest absolute Gasteiger partial charge is 0.498 e. The molecule has 0 saturated carbocycles. The number of anilines is 1. The Kier molecular flexibility index (Phi) is 8.65. The molecule has 1 aliphatic heterocycles. The van der Waals surface area contributed by atoms with E-state index in [1.807, 2.05) is 59.7 Å². The highest BCUT2D eigenvalue weighted by Gasteiger charge is 2.52. The molecule has 0 aliphatic carbocycles. The monoisotopic (exact) mass is 433 g/mol. The van der Waals surface area contributed by atoms with E-state index in [1.54, 1.807) is 24.1 Å². The van der Waals surface area contributed by atoms with Gasteiger partial charge in [0.2, 0.25) is 0 Å². The Bertz CT molecular complexity index is 799. The molecule has 1 N–H and O–H groups in total. The van der Waals surface area contributed by atoms with Crippen molar-refractivity contribution in [3.8, 4) is 5.75 Å². The summed E-state index contributed by atoms with van der Waals surface area (Å²) < 4.78 is 35.0. The maximum absolute atomic E-state index is 13.2. The van der Waals surface area contributed by atoms with Crippen molar-refractivity contribution in [2.24, 2.45) is 0 Å². The molecule has 0 spiro atoms. The summed E-state index contributed by atoms with van der Waals surface area (Å²) in [5.41, 5.74) is 1.82. The molecular formula is C23H33BFNO3S. The van der Waals surface area contributed by atoms with E-state index in [0.717, 1.165) is 22.5 Å². The molecule has 1 aliphatic rings. The van der Waals surface area contributed by atoms with E-state index in [2.05, 4.69) is 11.6 Å². The number of nitrogens with one attached hydrogen (secondary N) is 1. The average molecular weight is 433 g/mol. The van der Waals surface area contributed by atoms with Gasteiger partial charge in [-0.15, -0.1) is 0 Å². The Morgan fingerprint density at radius 3 is 2.17 bits per heavy atom. The molecule has 0 radical (unpaired) electrons. The van der Waals surface area contributed by atoms with Crippen LogP contribution in [-0.4, -0.2) is 24.1 Å². The fraction of sp³-hybridized carbons (Fsp3) is 0.478. The molecule has 2 aromatic carbocycles. The zero-order chi connectivity index (χ0) is 22.4. The number of halogens is 1. The number of hydrogen-bond acceptors (Lipinski definition) is 5. The number of ether oxygens (including phenoxy) is 1. The first-order valence-electron chi connectivity index (χ1n) is 10.5. The Hall–Kier alpha value is -1.70. The van der Waals surface area contributed by atoms with Gasteiger partial charge in [0, 0.05) is 23.0 Å². The highest BCUT2D eigenvalue weighted by Crippen LogP contribution is 2.37. The van der Waals surface area contributed by atoms with E-state index in [0.29, 0.717) is 12.4 Å². The van der Waals surface area contributed by atoms with Gasteiger partial charge in [0.25, 0.3) is 0 Å². The van der Waals surface area contributed by atoms with Crippen LogP contribution in [0.15, 0.2) is 42.5 Å². The molecule has 30 heavy (non-hydrogen) atoms. The predicted octanol–water partition coefficient (Wildman–Crippen LogP) is 5.81. The minimum absolute atomic E-state index is 0.260. The summed E-state index contributed by atoms with van der Waals surface area (Å²) in [6, 6.07) is 12.2. The van der Waals surface area contributed by atoms with E-state index in [4.69, 9.17) is 14.0 Å². The minimum Gasteiger partial charge on any atom is -0.489 e. The van der Waals surface area contributed by atoms with Crippen molar-refractivity contribution in [3.05, 3.63) is 53.8 Å². The quantitative estimate of drug-likeness (QED) is 0.441. The second-order valence-electron chi connectivity index (χ2n) is 7.79. The number of rotatable bonds is 7. The molecule has 2 aromatic rings. The topological polar surface area (TPSA) is 39.7 Å². The highest BCUT2D eigenvalue weighted by atomic mass is 32.2. The van der Waals surface area contributed by atoms with Crippen molar-refractivity contribution in [2.75, 3.05) is 10.5 Å². The average Bonchev–Trinajstić information content (AvgIpc) is 2.94. The highest BCUT2D eigenvalue weighted by molar-refractivity contribution is 8.00. The fourth-order valence-electron chi connectivity index (χ4n) is 2.78. The molecule has 0 bridgehead atoms. The lowest BCUT2D eigenvalue weighted by molar-refractivity contribution is 0.00578. The normalized spacial score (nSPS) is 16.6. The molecule has 164 valence electrons. The fourth-order valence-corrected chi connectivity index (χ4v) is 3.22. The van der Waals surface area contributed by atoms with Gasteiger partial charge in [0.1, 0.15) is 18.2 Å². The van der Waals surface area contributed by atoms with Crippen LogP contribution in [0.1, 0.15) is 54.0 Å². The van der Waals surface area contributed by atoms with Crippen LogP contribution in [0.5, 0.6) is 5.75 Å². The van der Waals surface area contributed by atoms with E-state index < -0.39 is 18.3 Å². The molecule has 0 aromatic heterocycles. The molecule has 7 heteroatoms. The summed E-state index contributed by atoms with van der Waals surface area (Å²) in [5, 5.41) is 0. The van der Waals surface area contributed by atoms with Crippen LogP contribution >= 0.6 is 11.9 Å². The van der Waals surface area contributed by atoms with E-state index in [-0.39, 0.29) is 5.82 Å². The molecule has 0 unspecified atom stereocenters. The predicted molar refractivity (Wildman–Crippen MR) is 126 cm³/mol. The van der Waals surface area contributed by atoms with Gasteiger partial charge in [-0.25, -0.2) is 4.39 Å². The minimum atomic E-state index is -0.513. The zero-order valence-corrected chi connectivity index (χ0v) is 19.9. The van der Waals surface area contributed by atoms with Gasteiger partial charge in [-0.1, -0.05) is 50.9 Å². The molecule has 1 saturated heterocycles. The molecule has 0 atom stereocenters. The van der Waals surface area contributed by atoms with Crippen LogP contribution in [0, 0.1) is 5.82 Å². The number of benzene rings is 2. The maximum atomic E-state index is 13.2. The van der Waals surface area contributed by atoms with Gasteiger partial charge in [0.15, 0.2) is 0 Å². The van der Waals surface area contributed by atoms with E-state index in [1.165, 1.54) is 12.1 Å². The molecule has 1 heterocycles. The molecule has 4 nitrogen and oxygen atoms in total. The van der Waals surface area contributed by atoms with Crippen LogP contribution in [0.25, 0.3) is 0 Å². The van der Waals surface area contributed by atoms with Crippen molar-refractivity contribution >= 4 is 30.2 Å².